The van der Waals surface area contributed by atoms with Crippen LogP contribution in [0.2, 0.25) is 0 Å². The lowest BCUT2D eigenvalue weighted by Crippen LogP contribution is -2.46. The lowest BCUT2D eigenvalue weighted by Gasteiger charge is -2.23. The van der Waals surface area contributed by atoms with Gasteiger partial charge < -0.3 is 14.7 Å². The Morgan fingerprint density at radius 1 is 1.07 bits per heavy atom. The van der Waals surface area contributed by atoms with Gasteiger partial charge in [0.2, 0.25) is 11.8 Å². The first-order chi connectivity index (χ1) is 14.2. The fraction of sp³-hybridized carbons (Fsp3) is 0.261. The summed E-state index contributed by atoms with van der Waals surface area (Å²) >= 11 is 0. The molecule has 0 saturated carbocycles. The molecule has 3 aromatic rings. The molecule has 1 saturated heterocycles. The van der Waals surface area contributed by atoms with E-state index in [9.17, 15) is 9.59 Å². The number of benzene rings is 2. The van der Waals surface area contributed by atoms with E-state index < -0.39 is 6.04 Å². The molecule has 2 amide bonds. The maximum Gasteiger partial charge on any atom is 0.243 e. The zero-order valence-corrected chi connectivity index (χ0v) is 16.1. The summed E-state index contributed by atoms with van der Waals surface area (Å²) in [5.74, 6) is 0.423. The van der Waals surface area contributed by atoms with Crippen molar-refractivity contribution < 1.29 is 14.1 Å². The Kier molecular flexibility index (Phi) is 5.70. The van der Waals surface area contributed by atoms with E-state index in [2.05, 4.69) is 10.5 Å². The quantitative estimate of drug-likeness (QED) is 0.703. The van der Waals surface area contributed by atoms with Gasteiger partial charge in [-0.1, -0.05) is 65.8 Å². The van der Waals surface area contributed by atoms with Crippen LogP contribution < -0.4 is 5.32 Å². The van der Waals surface area contributed by atoms with E-state index in [1.165, 1.54) is 0 Å². The van der Waals surface area contributed by atoms with E-state index in [4.69, 9.17) is 4.52 Å². The number of rotatable bonds is 6. The maximum atomic E-state index is 12.8. The molecule has 0 unspecified atom stereocenters. The summed E-state index contributed by atoms with van der Waals surface area (Å²) < 4.78 is 5.38. The highest BCUT2D eigenvalue weighted by Gasteiger charge is 2.34. The van der Waals surface area contributed by atoms with Crippen molar-refractivity contribution in [2.75, 3.05) is 6.54 Å². The zero-order valence-electron chi connectivity index (χ0n) is 16.1. The van der Waals surface area contributed by atoms with E-state index in [0.29, 0.717) is 31.0 Å². The van der Waals surface area contributed by atoms with Crippen LogP contribution in [-0.4, -0.2) is 34.5 Å². The molecule has 6 heteroatoms. The SMILES string of the molecule is O=C(NCc1ccccc1)[C@@H]1CCCN1C(=O)Cc1cc(-c2ccccc2)on1. The van der Waals surface area contributed by atoms with Crippen LogP contribution in [0.25, 0.3) is 11.3 Å². The van der Waals surface area contributed by atoms with Gasteiger partial charge in [-0.25, -0.2) is 0 Å². The van der Waals surface area contributed by atoms with Gasteiger partial charge in [0, 0.05) is 24.7 Å². The molecule has 4 rings (SSSR count). The molecule has 1 aliphatic rings. The average Bonchev–Trinajstić information content (AvgIpc) is 3.43. The second kappa shape index (κ2) is 8.73. The Morgan fingerprint density at radius 2 is 1.79 bits per heavy atom. The van der Waals surface area contributed by atoms with E-state index in [1.807, 2.05) is 60.7 Å². The van der Waals surface area contributed by atoms with E-state index >= 15 is 0 Å². The topological polar surface area (TPSA) is 75.4 Å². The molecule has 1 aromatic heterocycles. The summed E-state index contributed by atoms with van der Waals surface area (Å²) in [6.07, 6.45) is 1.63. The number of hydrogen-bond donors (Lipinski definition) is 1. The minimum absolute atomic E-state index is 0.102. The largest absolute Gasteiger partial charge is 0.356 e. The van der Waals surface area contributed by atoms with Gasteiger partial charge in [0.25, 0.3) is 0 Å². The first-order valence-electron chi connectivity index (χ1n) is 9.83. The molecule has 0 bridgehead atoms. The number of carbonyl (C=O) groups excluding carboxylic acids is 2. The molecule has 2 aromatic carbocycles. The first-order valence-corrected chi connectivity index (χ1v) is 9.83. The predicted octanol–water partition coefficient (Wildman–Crippen LogP) is 3.19. The molecule has 29 heavy (non-hydrogen) atoms. The van der Waals surface area contributed by atoms with Crippen molar-refractivity contribution in [3.63, 3.8) is 0 Å². The summed E-state index contributed by atoms with van der Waals surface area (Å²) in [4.78, 5) is 27.1. The number of carbonyl (C=O) groups is 2. The van der Waals surface area contributed by atoms with Crippen LogP contribution in [0.15, 0.2) is 71.3 Å². The Morgan fingerprint density at radius 3 is 2.55 bits per heavy atom. The van der Waals surface area contributed by atoms with Gasteiger partial charge in [-0.3, -0.25) is 9.59 Å². The minimum atomic E-state index is -0.424. The number of likely N-dealkylation sites (tertiary alicyclic amines) is 1. The molecule has 0 radical (unpaired) electrons. The Hall–Kier alpha value is -3.41. The third-order valence-electron chi connectivity index (χ3n) is 5.13. The maximum absolute atomic E-state index is 12.8. The number of nitrogens with zero attached hydrogens (tertiary/aromatic N) is 2. The third kappa shape index (κ3) is 4.54. The molecule has 6 nitrogen and oxygen atoms in total. The van der Waals surface area contributed by atoms with Gasteiger partial charge in [-0.15, -0.1) is 0 Å². The number of aromatic nitrogens is 1. The Bertz CT molecular complexity index is 969. The molecule has 0 spiro atoms. The molecular formula is C23H23N3O3. The van der Waals surface area contributed by atoms with Crippen molar-refractivity contribution >= 4 is 11.8 Å². The smallest absolute Gasteiger partial charge is 0.243 e. The van der Waals surface area contributed by atoms with Gasteiger partial charge in [0.05, 0.1) is 12.1 Å². The van der Waals surface area contributed by atoms with E-state index in [1.54, 1.807) is 11.0 Å². The molecular weight excluding hydrogens is 366 g/mol. The molecule has 1 aliphatic heterocycles. The lowest BCUT2D eigenvalue weighted by molar-refractivity contribution is -0.138. The van der Waals surface area contributed by atoms with Crippen LogP contribution in [0.3, 0.4) is 0 Å². The average molecular weight is 389 g/mol. The van der Waals surface area contributed by atoms with Crippen LogP contribution in [0.5, 0.6) is 0 Å². The molecule has 2 heterocycles. The fourth-order valence-electron chi connectivity index (χ4n) is 3.63. The lowest BCUT2D eigenvalue weighted by atomic mass is 10.1. The molecule has 1 fully saturated rings. The van der Waals surface area contributed by atoms with Gasteiger partial charge in [-0.05, 0) is 18.4 Å². The number of nitrogens with one attached hydrogen (secondary N) is 1. The van der Waals surface area contributed by atoms with Crippen molar-refractivity contribution in [1.82, 2.24) is 15.4 Å². The first kappa shape index (κ1) is 18.9. The van der Waals surface area contributed by atoms with Crippen molar-refractivity contribution in [3.05, 3.63) is 78.0 Å². The summed E-state index contributed by atoms with van der Waals surface area (Å²) in [5, 5.41) is 6.98. The third-order valence-corrected chi connectivity index (χ3v) is 5.13. The van der Waals surface area contributed by atoms with Crippen LogP contribution in [-0.2, 0) is 22.6 Å². The predicted molar refractivity (Wildman–Crippen MR) is 109 cm³/mol. The summed E-state index contributed by atoms with van der Waals surface area (Å²) in [7, 11) is 0. The highest BCUT2D eigenvalue weighted by atomic mass is 16.5. The Labute approximate surface area is 169 Å². The van der Waals surface area contributed by atoms with Gasteiger partial charge >= 0.3 is 0 Å². The molecule has 148 valence electrons. The van der Waals surface area contributed by atoms with Crippen molar-refractivity contribution in [2.24, 2.45) is 0 Å². The fourth-order valence-corrected chi connectivity index (χ4v) is 3.63. The molecule has 1 N–H and O–H groups in total. The highest BCUT2D eigenvalue weighted by molar-refractivity contribution is 5.89. The van der Waals surface area contributed by atoms with Crippen LogP contribution in [0.4, 0.5) is 0 Å². The zero-order chi connectivity index (χ0) is 20.1. The van der Waals surface area contributed by atoms with Crippen molar-refractivity contribution in [2.45, 2.75) is 31.8 Å². The molecule has 0 aliphatic carbocycles. The summed E-state index contributed by atoms with van der Waals surface area (Å²) in [6, 6.07) is 20.7. The van der Waals surface area contributed by atoms with Gasteiger partial charge in [0.15, 0.2) is 5.76 Å². The Balaban J connectivity index is 1.36. The standard InChI is InChI=1S/C23H23N3O3/c27-22(15-19-14-21(29-25-19)18-10-5-2-6-11-18)26-13-7-12-20(26)23(28)24-16-17-8-3-1-4-9-17/h1-6,8-11,14,20H,7,12-13,15-16H2,(H,24,28)/t20-/m0/s1. The summed E-state index contributed by atoms with van der Waals surface area (Å²) in [5.41, 5.74) is 2.52. The number of amides is 2. The summed E-state index contributed by atoms with van der Waals surface area (Å²) in [6.45, 7) is 1.05. The minimum Gasteiger partial charge on any atom is -0.356 e. The second-order valence-electron chi connectivity index (χ2n) is 7.17. The van der Waals surface area contributed by atoms with Crippen LogP contribution in [0.1, 0.15) is 24.1 Å². The van der Waals surface area contributed by atoms with Crippen molar-refractivity contribution in [1.29, 1.82) is 0 Å². The van der Waals surface area contributed by atoms with Gasteiger partial charge in [-0.2, -0.15) is 0 Å². The normalized spacial score (nSPS) is 16.0. The highest BCUT2D eigenvalue weighted by Crippen LogP contribution is 2.22. The monoisotopic (exact) mass is 389 g/mol. The molecule has 1 atom stereocenters. The van der Waals surface area contributed by atoms with Crippen molar-refractivity contribution in [3.8, 4) is 11.3 Å². The van der Waals surface area contributed by atoms with Crippen LogP contribution >= 0.6 is 0 Å². The van der Waals surface area contributed by atoms with E-state index in [-0.39, 0.29) is 18.2 Å². The van der Waals surface area contributed by atoms with Gasteiger partial charge in [0.1, 0.15) is 6.04 Å². The van der Waals surface area contributed by atoms with Crippen LogP contribution in [0, 0.1) is 0 Å². The number of hydrogen-bond acceptors (Lipinski definition) is 4. The second-order valence-corrected chi connectivity index (χ2v) is 7.17. The van der Waals surface area contributed by atoms with E-state index in [0.717, 1.165) is 17.5 Å².